The van der Waals surface area contributed by atoms with Crippen LogP contribution >= 0.6 is 23.1 Å². The van der Waals surface area contributed by atoms with Gasteiger partial charge in [0, 0.05) is 12.1 Å². The van der Waals surface area contributed by atoms with Gasteiger partial charge in [-0.3, -0.25) is 10.1 Å². The SMILES string of the molecule is O=C(O)CSc1cnc(NC(=O)N(C2CCCCC2)C2CCC(OCC(F)(F)F)CC2)s1. The number of carboxylic acid groups (broad SMARTS) is 1. The number of nitrogens with one attached hydrogen (secondary N) is 1. The molecule has 3 rings (SSSR count). The summed E-state index contributed by atoms with van der Waals surface area (Å²) in [7, 11) is 0. The average molecular weight is 496 g/mol. The van der Waals surface area contributed by atoms with Gasteiger partial charge >= 0.3 is 18.2 Å². The minimum Gasteiger partial charge on any atom is -0.481 e. The van der Waals surface area contributed by atoms with Gasteiger partial charge in [-0.25, -0.2) is 9.78 Å². The molecule has 2 fully saturated rings. The number of amides is 2. The number of alkyl halides is 3. The molecule has 0 aromatic carbocycles. The molecule has 0 spiro atoms. The van der Waals surface area contributed by atoms with Crippen molar-refractivity contribution in [3.8, 4) is 0 Å². The lowest BCUT2D eigenvalue weighted by molar-refractivity contribution is -0.188. The number of thioether (sulfide) groups is 1. The predicted octanol–water partition coefficient (Wildman–Crippen LogP) is 5.38. The molecule has 2 N–H and O–H groups in total. The van der Waals surface area contributed by atoms with E-state index in [4.69, 9.17) is 9.84 Å². The largest absolute Gasteiger partial charge is 0.481 e. The smallest absolute Gasteiger partial charge is 0.411 e. The highest BCUT2D eigenvalue weighted by molar-refractivity contribution is 8.01. The highest BCUT2D eigenvalue weighted by atomic mass is 32.2. The number of hydrogen-bond donors (Lipinski definition) is 2. The molecular formula is C20H28F3N3O4S2. The van der Waals surface area contributed by atoms with Crippen molar-refractivity contribution < 1.29 is 32.6 Å². The number of nitrogens with zero attached hydrogens (tertiary/aromatic N) is 2. The van der Waals surface area contributed by atoms with Crippen molar-refractivity contribution in [2.45, 2.75) is 86.4 Å². The van der Waals surface area contributed by atoms with Gasteiger partial charge in [-0.1, -0.05) is 30.6 Å². The summed E-state index contributed by atoms with van der Waals surface area (Å²) in [6, 6.07) is -0.201. The number of aliphatic carboxylic acids is 1. The van der Waals surface area contributed by atoms with Crippen LogP contribution in [0.4, 0.5) is 23.1 Å². The maximum absolute atomic E-state index is 13.2. The van der Waals surface area contributed by atoms with Gasteiger partial charge in [0.2, 0.25) is 0 Å². The lowest BCUT2D eigenvalue weighted by Crippen LogP contribution is -2.51. The van der Waals surface area contributed by atoms with Crippen molar-refractivity contribution in [3.05, 3.63) is 6.20 Å². The van der Waals surface area contributed by atoms with Crippen LogP contribution in [-0.4, -0.2) is 63.7 Å². The van der Waals surface area contributed by atoms with Crippen LogP contribution in [-0.2, 0) is 9.53 Å². The fraction of sp³-hybridized carbons (Fsp3) is 0.750. The Morgan fingerprint density at radius 2 is 1.81 bits per heavy atom. The molecule has 0 bridgehead atoms. The summed E-state index contributed by atoms with van der Waals surface area (Å²) in [6.45, 7) is -1.23. The molecule has 0 saturated heterocycles. The zero-order chi connectivity index (χ0) is 23.1. The number of urea groups is 1. The highest BCUT2D eigenvalue weighted by Crippen LogP contribution is 2.33. The van der Waals surface area contributed by atoms with Crippen molar-refractivity contribution in [1.29, 1.82) is 0 Å². The van der Waals surface area contributed by atoms with Crippen molar-refractivity contribution in [3.63, 3.8) is 0 Å². The Morgan fingerprint density at radius 1 is 1.16 bits per heavy atom. The Kier molecular flexibility index (Phi) is 9.06. The second kappa shape index (κ2) is 11.6. The van der Waals surface area contributed by atoms with Gasteiger partial charge in [0.25, 0.3) is 0 Å². The van der Waals surface area contributed by atoms with Crippen molar-refractivity contribution in [2.75, 3.05) is 17.7 Å². The summed E-state index contributed by atoms with van der Waals surface area (Å²) in [4.78, 5) is 30.0. The van der Waals surface area contributed by atoms with E-state index in [1.165, 1.54) is 11.3 Å². The minimum absolute atomic E-state index is 0.0512. The van der Waals surface area contributed by atoms with E-state index in [1.807, 2.05) is 4.90 Å². The fourth-order valence-electron chi connectivity index (χ4n) is 4.36. The van der Waals surface area contributed by atoms with E-state index in [0.29, 0.717) is 35.0 Å². The Balaban J connectivity index is 1.60. The number of anilines is 1. The summed E-state index contributed by atoms with van der Waals surface area (Å²) >= 11 is 2.37. The van der Waals surface area contributed by atoms with Crippen molar-refractivity contribution >= 4 is 40.2 Å². The third-order valence-electron chi connectivity index (χ3n) is 5.76. The molecule has 0 radical (unpaired) electrons. The van der Waals surface area contributed by atoms with Gasteiger partial charge in [0.05, 0.1) is 22.3 Å². The van der Waals surface area contributed by atoms with Gasteiger partial charge in [0.1, 0.15) is 6.61 Å². The van der Waals surface area contributed by atoms with Crippen LogP contribution < -0.4 is 5.32 Å². The number of aromatic nitrogens is 1. The van der Waals surface area contributed by atoms with E-state index >= 15 is 0 Å². The molecule has 180 valence electrons. The first-order valence-corrected chi connectivity index (χ1v) is 12.6. The molecule has 2 amide bonds. The Bertz CT molecular complexity index is 764. The molecule has 0 unspecified atom stereocenters. The van der Waals surface area contributed by atoms with Crippen LogP contribution in [0.1, 0.15) is 57.8 Å². The van der Waals surface area contributed by atoms with Crippen LogP contribution in [0, 0.1) is 0 Å². The quantitative estimate of drug-likeness (QED) is 0.471. The van der Waals surface area contributed by atoms with Crippen molar-refractivity contribution in [2.24, 2.45) is 0 Å². The van der Waals surface area contributed by atoms with Crippen LogP contribution in [0.3, 0.4) is 0 Å². The van der Waals surface area contributed by atoms with Crippen molar-refractivity contribution in [1.82, 2.24) is 9.88 Å². The van der Waals surface area contributed by atoms with E-state index in [2.05, 4.69) is 10.3 Å². The van der Waals surface area contributed by atoms with E-state index in [-0.39, 0.29) is 23.9 Å². The zero-order valence-electron chi connectivity index (χ0n) is 17.6. The molecule has 1 heterocycles. The summed E-state index contributed by atoms with van der Waals surface area (Å²) in [5.74, 6) is -1.00. The predicted molar refractivity (Wildman–Crippen MR) is 116 cm³/mol. The van der Waals surface area contributed by atoms with Gasteiger partial charge in [-0.2, -0.15) is 13.2 Å². The minimum atomic E-state index is -4.33. The number of halogens is 3. The Labute approximate surface area is 193 Å². The summed E-state index contributed by atoms with van der Waals surface area (Å²) in [5, 5.41) is 12.1. The molecule has 0 atom stereocenters. The molecule has 12 heteroatoms. The van der Waals surface area contributed by atoms with Crippen LogP contribution in [0.25, 0.3) is 0 Å². The molecule has 2 saturated carbocycles. The fourth-order valence-corrected chi connectivity index (χ4v) is 5.95. The number of thiazole rings is 1. The first-order valence-electron chi connectivity index (χ1n) is 10.8. The molecule has 2 aliphatic rings. The third kappa shape index (κ3) is 7.80. The molecule has 0 aliphatic heterocycles. The van der Waals surface area contributed by atoms with Gasteiger partial charge in [-0.15, -0.1) is 11.8 Å². The monoisotopic (exact) mass is 495 g/mol. The molecular weight excluding hydrogens is 467 g/mol. The molecule has 1 aromatic rings. The zero-order valence-corrected chi connectivity index (χ0v) is 19.2. The summed E-state index contributed by atoms with van der Waals surface area (Å²) in [6.07, 6.45) is 4.02. The molecule has 32 heavy (non-hydrogen) atoms. The lowest BCUT2D eigenvalue weighted by atomic mass is 9.88. The number of carbonyl (C=O) groups is 2. The molecule has 7 nitrogen and oxygen atoms in total. The lowest BCUT2D eigenvalue weighted by Gasteiger charge is -2.42. The second-order valence-corrected chi connectivity index (χ2v) is 10.5. The van der Waals surface area contributed by atoms with Crippen LogP contribution in [0.2, 0.25) is 0 Å². The summed E-state index contributed by atoms with van der Waals surface area (Å²) in [5.41, 5.74) is 0. The second-order valence-electron chi connectivity index (χ2n) is 8.15. The number of hydrogen-bond acceptors (Lipinski definition) is 6. The van der Waals surface area contributed by atoms with E-state index in [1.54, 1.807) is 6.20 Å². The topological polar surface area (TPSA) is 91.8 Å². The molecule has 1 aromatic heterocycles. The van der Waals surface area contributed by atoms with E-state index in [0.717, 1.165) is 43.9 Å². The average Bonchev–Trinajstić information content (AvgIpc) is 3.19. The number of ether oxygens (including phenoxy) is 1. The Hall–Kier alpha value is -1.53. The first-order chi connectivity index (χ1) is 15.2. The maximum Gasteiger partial charge on any atom is 0.411 e. The van der Waals surface area contributed by atoms with Gasteiger partial charge in [-0.05, 0) is 38.5 Å². The standard InChI is InChI=1S/C20H28F3N3O4S2/c21-20(22,23)12-30-15-8-6-14(7-9-15)26(13-4-2-1-3-5-13)19(29)25-18-24-10-17(32-18)31-11-16(27)28/h10,13-15H,1-9,11-12H2,(H,27,28)(H,24,25,29). The number of carbonyl (C=O) groups excluding carboxylic acids is 1. The van der Waals surface area contributed by atoms with Crippen LogP contribution in [0.5, 0.6) is 0 Å². The van der Waals surface area contributed by atoms with Crippen LogP contribution in [0.15, 0.2) is 10.4 Å². The first kappa shape index (κ1) is 25.1. The Morgan fingerprint density at radius 3 is 2.44 bits per heavy atom. The number of carboxylic acids is 1. The van der Waals surface area contributed by atoms with Gasteiger partial charge < -0.3 is 14.7 Å². The maximum atomic E-state index is 13.2. The number of rotatable bonds is 8. The normalized spacial score (nSPS) is 22.5. The molecule has 2 aliphatic carbocycles. The third-order valence-corrected chi connectivity index (χ3v) is 7.85. The van der Waals surface area contributed by atoms with E-state index < -0.39 is 24.9 Å². The summed E-state index contributed by atoms with van der Waals surface area (Å²) < 4.78 is 43.0. The highest BCUT2D eigenvalue weighted by Gasteiger charge is 2.36. The van der Waals surface area contributed by atoms with Gasteiger partial charge in [0.15, 0.2) is 5.13 Å². The van der Waals surface area contributed by atoms with E-state index in [9.17, 15) is 22.8 Å².